The molecule has 5 nitrogen and oxygen atoms in total. The summed E-state index contributed by atoms with van der Waals surface area (Å²) in [6.07, 6.45) is 0. The highest BCUT2D eigenvalue weighted by atomic mass is 16.5. The first-order chi connectivity index (χ1) is 9.58. The van der Waals surface area contributed by atoms with E-state index in [-0.39, 0.29) is 12.1 Å². The zero-order chi connectivity index (χ0) is 14.5. The third-order valence-corrected chi connectivity index (χ3v) is 2.71. The van der Waals surface area contributed by atoms with E-state index in [1.165, 1.54) is 6.07 Å². The van der Waals surface area contributed by atoms with E-state index >= 15 is 0 Å². The van der Waals surface area contributed by atoms with Gasteiger partial charge in [0.1, 0.15) is 11.6 Å². The molecular formula is C15H19N3O2. The van der Waals surface area contributed by atoms with E-state index < -0.39 is 0 Å². The van der Waals surface area contributed by atoms with Crippen LogP contribution in [0.3, 0.4) is 0 Å². The number of hydrogen-bond acceptors (Lipinski definition) is 4. The Kier molecular flexibility index (Phi) is 4.53. The van der Waals surface area contributed by atoms with Gasteiger partial charge in [0.2, 0.25) is 0 Å². The van der Waals surface area contributed by atoms with Gasteiger partial charge in [-0.05, 0) is 30.2 Å². The van der Waals surface area contributed by atoms with Gasteiger partial charge >= 0.3 is 0 Å². The highest BCUT2D eigenvalue weighted by molar-refractivity contribution is 5.56. The number of aromatic nitrogens is 2. The maximum Gasteiger partial charge on any atom is 0.251 e. The molecule has 2 rings (SSSR count). The van der Waals surface area contributed by atoms with Crippen molar-refractivity contribution in [1.82, 2.24) is 9.97 Å². The maximum absolute atomic E-state index is 11.5. The average molecular weight is 273 g/mol. The van der Waals surface area contributed by atoms with Crippen LogP contribution in [0.25, 0.3) is 11.4 Å². The van der Waals surface area contributed by atoms with Crippen molar-refractivity contribution in [2.45, 2.75) is 20.4 Å². The van der Waals surface area contributed by atoms with Gasteiger partial charge in [0.15, 0.2) is 0 Å². The molecule has 3 N–H and O–H groups in total. The van der Waals surface area contributed by atoms with E-state index in [9.17, 15) is 4.79 Å². The van der Waals surface area contributed by atoms with Crippen molar-refractivity contribution in [3.8, 4) is 17.1 Å². The van der Waals surface area contributed by atoms with Crippen LogP contribution in [0.4, 0.5) is 0 Å². The third kappa shape index (κ3) is 3.68. The summed E-state index contributed by atoms with van der Waals surface area (Å²) in [6, 6.07) is 8.88. The van der Waals surface area contributed by atoms with E-state index in [0.717, 1.165) is 11.3 Å². The number of hydrogen-bond donors (Lipinski definition) is 2. The lowest BCUT2D eigenvalue weighted by atomic mass is 10.2. The molecule has 0 aliphatic carbocycles. The number of ether oxygens (including phenoxy) is 1. The lowest BCUT2D eigenvalue weighted by Crippen LogP contribution is -2.12. The predicted octanol–water partition coefficient (Wildman–Crippen LogP) is 1.93. The van der Waals surface area contributed by atoms with Crippen LogP contribution < -0.4 is 16.0 Å². The molecule has 0 fully saturated rings. The molecule has 0 atom stereocenters. The van der Waals surface area contributed by atoms with Gasteiger partial charge in [-0.1, -0.05) is 13.8 Å². The SMILES string of the molecule is CC(C)COc1ccc(-c2nc(CN)cc(=O)[nH]2)cc1. The highest BCUT2D eigenvalue weighted by Crippen LogP contribution is 2.19. The molecule has 0 saturated carbocycles. The second kappa shape index (κ2) is 6.34. The smallest absolute Gasteiger partial charge is 0.251 e. The summed E-state index contributed by atoms with van der Waals surface area (Å²) in [5.41, 5.74) is 6.72. The van der Waals surface area contributed by atoms with Crippen LogP contribution in [0, 0.1) is 5.92 Å². The fourth-order valence-corrected chi connectivity index (χ4v) is 1.72. The van der Waals surface area contributed by atoms with Gasteiger partial charge in [-0.3, -0.25) is 4.79 Å². The minimum Gasteiger partial charge on any atom is -0.493 e. The van der Waals surface area contributed by atoms with Crippen molar-refractivity contribution in [3.05, 3.63) is 46.4 Å². The monoisotopic (exact) mass is 273 g/mol. The van der Waals surface area contributed by atoms with E-state index in [0.29, 0.717) is 24.0 Å². The van der Waals surface area contributed by atoms with E-state index in [4.69, 9.17) is 10.5 Å². The molecule has 0 radical (unpaired) electrons. The highest BCUT2D eigenvalue weighted by Gasteiger charge is 2.04. The summed E-state index contributed by atoms with van der Waals surface area (Å²) in [4.78, 5) is 18.5. The molecule has 0 aliphatic rings. The molecule has 0 bridgehead atoms. The zero-order valence-electron chi connectivity index (χ0n) is 11.7. The minimum atomic E-state index is -0.199. The van der Waals surface area contributed by atoms with Crippen LogP contribution in [0.2, 0.25) is 0 Å². The Morgan fingerprint density at radius 3 is 2.60 bits per heavy atom. The maximum atomic E-state index is 11.5. The van der Waals surface area contributed by atoms with E-state index in [1.54, 1.807) is 0 Å². The van der Waals surface area contributed by atoms with Crippen LogP contribution in [-0.2, 0) is 6.54 Å². The van der Waals surface area contributed by atoms with Gasteiger partial charge < -0.3 is 15.5 Å². The van der Waals surface area contributed by atoms with Gasteiger partial charge in [0, 0.05) is 18.2 Å². The average Bonchev–Trinajstić information content (AvgIpc) is 2.45. The van der Waals surface area contributed by atoms with E-state index in [1.807, 2.05) is 24.3 Å². The first-order valence-corrected chi connectivity index (χ1v) is 6.62. The molecule has 1 aromatic heterocycles. The van der Waals surface area contributed by atoms with Crippen molar-refractivity contribution in [3.63, 3.8) is 0 Å². The number of aromatic amines is 1. The van der Waals surface area contributed by atoms with Crippen LogP contribution in [0.1, 0.15) is 19.5 Å². The summed E-state index contributed by atoms with van der Waals surface area (Å²) in [7, 11) is 0. The molecule has 1 aromatic carbocycles. The minimum absolute atomic E-state index is 0.199. The fourth-order valence-electron chi connectivity index (χ4n) is 1.72. The Morgan fingerprint density at radius 2 is 2.00 bits per heavy atom. The quantitative estimate of drug-likeness (QED) is 0.872. The molecule has 20 heavy (non-hydrogen) atoms. The largest absolute Gasteiger partial charge is 0.493 e. The lowest BCUT2D eigenvalue weighted by Gasteiger charge is -2.09. The normalized spacial score (nSPS) is 10.8. The van der Waals surface area contributed by atoms with Crippen LogP contribution in [0.5, 0.6) is 5.75 Å². The fraction of sp³-hybridized carbons (Fsp3) is 0.333. The number of rotatable bonds is 5. The molecule has 106 valence electrons. The second-order valence-electron chi connectivity index (χ2n) is 5.02. The first kappa shape index (κ1) is 14.3. The van der Waals surface area contributed by atoms with Gasteiger partial charge in [0.05, 0.1) is 12.3 Å². The van der Waals surface area contributed by atoms with Crippen molar-refractivity contribution in [2.75, 3.05) is 6.61 Å². The molecule has 1 heterocycles. The molecule has 0 unspecified atom stereocenters. The van der Waals surface area contributed by atoms with E-state index in [2.05, 4.69) is 23.8 Å². The second-order valence-corrected chi connectivity index (χ2v) is 5.02. The topological polar surface area (TPSA) is 81.0 Å². The van der Waals surface area contributed by atoms with Gasteiger partial charge in [0.25, 0.3) is 5.56 Å². The number of nitrogens with two attached hydrogens (primary N) is 1. The van der Waals surface area contributed by atoms with Gasteiger partial charge in [-0.15, -0.1) is 0 Å². The molecule has 0 amide bonds. The molecule has 0 aliphatic heterocycles. The van der Waals surface area contributed by atoms with Crippen molar-refractivity contribution in [2.24, 2.45) is 11.7 Å². The summed E-state index contributed by atoms with van der Waals surface area (Å²) in [5.74, 6) is 1.81. The molecule has 2 aromatic rings. The summed E-state index contributed by atoms with van der Waals surface area (Å²) in [5, 5.41) is 0. The molecule has 5 heteroatoms. The lowest BCUT2D eigenvalue weighted by molar-refractivity contribution is 0.271. The Labute approximate surface area is 117 Å². The Bertz CT molecular complexity index is 618. The molecule has 0 spiro atoms. The van der Waals surface area contributed by atoms with Crippen LogP contribution in [-0.4, -0.2) is 16.6 Å². The number of nitrogens with zero attached hydrogens (tertiary/aromatic N) is 1. The number of benzene rings is 1. The van der Waals surface area contributed by atoms with Crippen LogP contribution >= 0.6 is 0 Å². The Hall–Kier alpha value is -2.14. The molecule has 0 saturated heterocycles. The summed E-state index contributed by atoms with van der Waals surface area (Å²) < 4.78 is 5.61. The third-order valence-electron chi connectivity index (χ3n) is 2.71. The molecular weight excluding hydrogens is 254 g/mol. The summed E-state index contributed by atoms with van der Waals surface area (Å²) in [6.45, 7) is 5.12. The number of H-pyrrole nitrogens is 1. The predicted molar refractivity (Wildman–Crippen MR) is 78.5 cm³/mol. The summed E-state index contributed by atoms with van der Waals surface area (Å²) >= 11 is 0. The van der Waals surface area contributed by atoms with Crippen molar-refractivity contribution >= 4 is 0 Å². The van der Waals surface area contributed by atoms with Crippen LogP contribution in [0.15, 0.2) is 35.1 Å². The Morgan fingerprint density at radius 1 is 1.30 bits per heavy atom. The zero-order valence-corrected chi connectivity index (χ0v) is 11.7. The number of nitrogens with one attached hydrogen (secondary N) is 1. The standard InChI is InChI=1S/C15H19N3O2/c1-10(2)9-20-13-5-3-11(4-6-13)15-17-12(8-16)7-14(19)18-15/h3-7,10H,8-9,16H2,1-2H3,(H,17,18,19). The van der Waals surface area contributed by atoms with Gasteiger partial charge in [-0.25, -0.2) is 4.98 Å². The first-order valence-electron chi connectivity index (χ1n) is 6.62. The van der Waals surface area contributed by atoms with Crippen molar-refractivity contribution < 1.29 is 4.74 Å². The van der Waals surface area contributed by atoms with Gasteiger partial charge in [-0.2, -0.15) is 0 Å². The Balaban J connectivity index is 2.21. The van der Waals surface area contributed by atoms with Crippen molar-refractivity contribution in [1.29, 1.82) is 0 Å².